The molecule has 0 fully saturated rings. The van der Waals surface area contributed by atoms with E-state index in [9.17, 15) is 0 Å². The highest BCUT2D eigenvalue weighted by molar-refractivity contribution is 7.09. The highest BCUT2D eigenvalue weighted by atomic mass is 32.1. The number of thiazole rings is 1. The summed E-state index contributed by atoms with van der Waals surface area (Å²) in [7, 11) is 0. The Labute approximate surface area is 93.0 Å². The molecule has 4 heteroatoms. The third kappa shape index (κ3) is 2.40. The fourth-order valence-corrected chi connectivity index (χ4v) is 2.20. The van der Waals surface area contributed by atoms with Gasteiger partial charge in [0.1, 0.15) is 0 Å². The minimum Gasteiger partial charge on any atom is -0.322 e. The van der Waals surface area contributed by atoms with Crippen LogP contribution in [0.15, 0.2) is 30.0 Å². The van der Waals surface area contributed by atoms with Crippen LogP contribution in [0.5, 0.6) is 0 Å². The van der Waals surface area contributed by atoms with Crippen LogP contribution in [0.3, 0.4) is 0 Å². The lowest BCUT2D eigenvalue weighted by Crippen LogP contribution is -2.15. The zero-order valence-corrected chi connectivity index (χ0v) is 9.37. The molecule has 1 unspecified atom stereocenters. The molecule has 0 aromatic carbocycles. The van der Waals surface area contributed by atoms with Gasteiger partial charge in [-0.05, 0) is 18.6 Å². The number of aryl methyl sites for hydroxylation is 1. The topological polar surface area (TPSA) is 51.8 Å². The van der Waals surface area contributed by atoms with E-state index in [1.54, 1.807) is 17.5 Å². The Kier molecular flexibility index (Phi) is 3.08. The summed E-state index contributed by atoms with van der Waals surface area (Å²) in [4.78, 5) is 9.55. The molecule has 0 aliphatic rings. The molecule has 2 aromatic rings. The molecule has 0 bridgehead atoms. The predicted octanol–water partition coefficient (Wildman–Crippen LogP) is 2.09. The van der Waals surface area contributed by atoms with E-state index >= 15 is 0 Å². The molecule has 2 N–H and O–H groups in total. The molecule has 3 nitrogen and oxygen atoms in total. The van der Waals surface area contributed by atoms with Crippen molar-refractivity contribution in [1.29, 1.82) is 0 Å². The van der Waals surface area contributed by atoms with Crippen molar-refractivity contribution in [2.24, 2.45) is 5.73 Å². The maximum Gasteiger partial charge on any atom is 0.0794 e. The molecule has 0 aliphatic heterocycles. The summed E-state index contributed by atoms with van der Waals surface area (Å²) in [5.41, 5.74) is 10.1. The Hall–Kier alpha value is -1.26. The van der Waals surface area contributed by atoms with Crippen LogP contribution in [0.2, 0.25) is 0 Å². The van der Waals surface area contributed by atoms with Gasteiger partial charge in [-0.2, -0.15) is 0 Å². The van der Waals surface area contributed by atoms with Crippen LogP contribution >= 0.6 is 11.3 Å². The Bertz CT molecular complexity index is 425. The van der Waals surface area contributed by atoms with Crippen LogP contribution < -0.4 is 5.73 Å². The summed E-state index contributed by atoms with van der Waals surface area (Å²) < 4.78 is 0. The molecule has 0 amide bonds. The third-order valence-electron chi connectivity index (χ3n) is 2.31. The van der Waals surface area contributed by atoms with Gasteiger partial charge in [0.25, 0.3) is 0 Å². The summed E-state index contributed by atoms with van der Waals surface area (Å²) in [6.07, 6.45) is 4.46. The highest BCUT2D eigenvalue weighted by Gasteiger charge is 2.11. The van der Waals surface area contributed by atoms with E-state index in [0.29, 0.717) is 0 Å². The van der Waals surface area contributed by atoms with Gasteiger partial charge in [-0.1, -0.05) is 6.07 Å². The average Bonchev–Trinajstić information content (AvgIpc) is 2.71. The van der Waals surface area contributed by atoms with Gasteiger partial charge in [0.05, 0.1) is 17.2 Å². The summed E-state index contributed by atoms with van der Waals surface area (Å²) in [6, 6.07) is 3.93. The van der Waals surface area contributed by atoms with Crippen molar-refractivity contribution in [1.82, 2.24) is 9.97 Å². The number of rotatable bonds is 3. The van der Waals surface area contributed by atoms with E-state index < -0.39 is 0 Å². The van der Waals surface area contributed by atoms with Crippen LogP contribution in [-0.4, -0.2) is 9.97 Å². The number of hydrogen-bond donors (Lipinski definition) is 1. The quantitative estimate of drug-likeness (QED) is 0.860. The molecular weight excluding hydrogens is 206 g/mol. The Balaban J connectivity index is 2.15. The Morgan fingerprint density at radius 1 is 1.53 bits per heavy atom. The number of pyridine rings is 1. The van der Waals surface area contributed by atoms with E-state index in [1.165, 1.54) is 4.88 Å². The minimum atomic E-state index is -0.0355. The van der Waals surface area contributed by atoms with E-state index in [0.717, 1.165) is 17.7 Å². The third-order valence-corrected chi connectivity index (χ3v) is 3.11. The first-order chi connectivity index (χ1) is 7.27. The van der Waals surface area contributed by atoms with Crippen molar-refractivity contribution in [2.75, 3.05) is 0 Å². The lowest BCUT2D eigenvalue weighted by atomic mass is 10.1. The van der Waals surface area contributed by atoms with Crippen molar-refractivity contribution in [3.63, 3.8) is 0 Å². The molecule has 0 radical (unpaired) electrons. The Morgan fingerprint density at radius 2 is 2.40 bits per heavy atom. The highest BCUT2D eigenvalue weighted by Crippen LogP contribution is 2.18. The molecule has 2 heterocycles. The number of hydrogen-bond acceptors (Lipinski definition) is 4. The second-order valence-corrected chi connectivity index (χ2v) is 4.45. The maximum absolute atomic E-state index is 6.10. The van der Waals surface area contributed by atoms with Gasteiger partial charge in [0, 0.05) is 23.7 Å². The van der Waals surface area contributed by atoms with Crippen molar-refractivity contribution < 1.29 is 0 Å². The van der Waals surface area contributed by atoms with Gasteiger partial charge in [-0.25, -0.2) is 0 Å². The second kappa shape index (κ2) is 4.51. The first kappa shape index (κ1) is 10.3. The summed E-state index contributed by atoms with van der Waals surface area (Å²) in [6.45, 7) is 2.04. The molecule has 78 valence electrons. The van der Waals surface area contributed by atoms with Crippen LogP contribution in [-0.2, 0) is 6.42 Å². The van der Waals surface area contributed by atoms with Crippen LogP contribution in [0.1, 0.15) is 22.2 Å². The zero-order valence-electron chi connectivity index (χ0n) is 8.55. The van der Waals surface area contributed by atoms with Gasteiger partial charge in [0.2, 0.25) is 0 Å². The van der Waals surface area contributed by atoms with Crippen molar-refractivity contribution >= 4 is 11.3 Å². The normalized spacial score (nSPS) is 12.7. The molecule has 2 rings (SSSR count). The number of nitrogens with two attached hydrogens (primary N) is 1. The molecule has 15 heavy (non-hydrogen) atoms. The molecule has 0 saturated carbocycles. The monoisotopic (exact) mass is 219 g/mol. The summed E-state index contributed by atoms with van der Waals surface area (Å²) >= 11 is 1.63. The molecule has 1 atom stereocenters. The van der Waals surface area contributed by atoms with Gasteiger partial charge >= 0.3 is 0 Å². The van der Waals surface area contributed by atoms with Crippen LogP contribution in [0.25, 0.3) is 0 Å². The van der Waals surface area contributed by atoms with E-state index in [2.05, 4.69) is 9.97 Å². The Morgan fingerprint density at radius 3 is 3.07 bits per heavy atom. The van der Waals surface area contributed by atoms with Crippen LogP contribution in [0, 0.1) is 6.92 Å². The molecule has 0 aliphatic carbocycles. The fourth-order valence-electron chi connectivity index (χ4n) is 1.54. The van der Waals surface area contributed by atoms with Crippen molar-refractivity contribution in [3.05, 3.63) is 46.2 Å². The maximum atomic E-state index is 6.10. The first-order valence-corrected chi connectivity index (χ1v) is 5.70. The van der Waals surface area contributed by atoms with Crippen LogP contribution in [0.4, 0.5) is 0 Å². The molecule has 2 aromatic heterocycles. The lowest BCUT2D eigenvalue weighted by molar-refractivity contribution is 0.696. The van der Waals surface area contributed by atoms with Crippen molar-refractivity contribution in [2.45, 2.75) is 19.4 Å². The number of nitrogens with zero attached hydrogens (tertiary/aromatic N) is 2. The van der Waals surface area contributed by atoms with E-state index in [4.69, 9.17) is 5.73 Å². The van der Waals surface area contributed by atoms with Gasteiger partial charge < -0.3 is 5.73 Å². The largest absolute Gasteiger partial charge is 0.322 e. The lowest BCUT2D eigenvalue weighted by Gasteiger charge is -2.11. The smallest absolute Gasteiger partial charge is 0.0794 e. The van der Waals surface area contributed by atoms with Gasteiger partial charge in [0.15, 0.2) is 0 Å². The van der Waals surface area contributed by atoms with E-state index in [-0.39, 0.29) is 6.04 Å². The van der Waals surface area contributed by atoms with E-state index in [1.807, 2.05) is 30.8 Å². The molecular formula is C11H13N3S. The summed E-state index contributed by atoms with van der Waals surface area (Å²) in [5, 5.41) is 0. The zero-order chi connectivity index (χ0) is 10.7. The second-order valence-electron chi connectivity index (χ2n) is 3.48. The standard InChI is InChI=1S/C11H13N3S/c1-8-3-2-4-14-11(8)10(12)5-9-6-13-7-15-9/h2-4,6-7,10H,5,12H2,1H3. The SMILES string of the molecule is Cc1cccnc1C(N)Cc1cncs1. The summed E-state index contributed by atoms with van der Waals surface area (Å²) in [5.74, 6) is 0. The van der Waals surface area contributed by atoms with Gasteiger partial charge in [-0.15, -0.1) is 11.3 Å². The minimum absolute atomic E-state index is 0.0355. The van der Waals surface area contributed by atoms with Crippen molar-refractivity contribution in [3.8, 4) is 0 Å². The number of aromatic nitrogens is 2. The predicted molar refractivity (Wildman–Crippen MR) is 61.7 cm³/mol. The first-order valence-electron chi connectivity index (χ1n) is 4.82. The average molecular weight is 219 g/mol. The molecule has 0 spiro atoms. The fraction of sp³-hybridized carbons (Fsp3) is 0.273. The van der Waals surface area contributed by atoms with Gasteiger partial charge in [-0.3, -0.25) is 9.97 Å². The molecule has 0 saturated heterocycles.